The standard InChI is InChI=1S/C13H18O/c1-13(10-14)9-12(13)8-7-11-5-3-2-4-6-11/h2-6,12,14H,7-10H2,1H3/t12-,13-/m0/s1. The lowest BCUT2D eigenvalue weighted by Crippen LogP contribution is -2.04. The van der Waals surface area contributed by atoms with Crippen molar-refractivity contribution < 1.29 is 5.11 Å². The smallest absolute Gasteiger partial charge is 0.0487 e. The van der Waals surface area contributed by atoms with Gasteiger partial charge in [0, 0.05) is 6.61 Å². The van der Waals surface area contributed by atoms with Gasteiger partial charge in [0.25, 0.3) is 0 Å². The van der Waals surface area contributed by atoms with E-state index in [1.807, 2.05) is 0 Å². The maximum Gasteiger partial charge on any atom is 0.0487 e. The lowest BCUT2D eigenvalue weighted by atomic mass is 10.0. The first-order valence-corrected chi connectivity index (χ1v) is 5.39. The molecule has 1 N–H and O–H groups in total. The Kier molecular flexibility index (Phi) is 2.60. The van der Waals surface area contributed by atoms with E-state index in [0.717, 1.165) is 12.3 Å². The van der Waals surface area contributed by atoms with Crippen LogP contribution in [0.5, 0.6) is 0 Å². The van der Waals surface area contributed by atoms with Crippen molar-refractivity contribution in [1.29, 1.82) is 0 Å². The summed E-state index contributed by atoms with van der Waals surface area (Å²) in [6.45, 7) is 2.54. The van der Waals surface area contributed by atoms with Crippen LogP contribution in [-0.2, 0) is 6.42 Å². The maximum atomic E-state index is 9.13. The highest BCUT2D eigenvalue weighted by Gasteiger charge is 2.48. The first-order chi connectivity index (χ1) is 6.74. The molecule has 2 atom stereocenters. The molecule has 0 heterocycles. The van der Waals surface area contributed by atoms with Crippen molar-refractivity contribution in [2.24, 2.45) is 11.3 Å². The number of rotatable bonds is 4. The molecule has 2 rings (SSSR count). The Hall–Kier alpha value is -0.820. The van der Waals surface area contributed by atoms with E-state index in [0.29, 0.717) is 6.61 Å². The van der Waals surface area contributed by atoms with Crippen LogP contribution in [0.3, 0.4) is 0 Å². The molecule has 0 bridgehead atoms. The summed E-state index contributed by atoms with van der Waals surface area (Å²) < 4.78 is 0. The van der Waals surface area contributed by atoms with Gasteiger partial charge in [0.05, 0.1) is 0 Å². The van der Waals surface area contributed by atoms with E-state index in [4.69, 9.17) is 5.11 Å². The van der Waals surface area contributed by atoms with Crippen LogP contribution in [0.1, 0.15) is 25.3 Å². The van der Waals surface area contributed by atoms with Crippen molar-refractivity contribution in [2.45, 2.75) is 26.2 Å². The number of aliphatic hydroxyl groups excluding tert-OH is 1. The van der Waals surface area contributed by atoms with Gasteiger partial charge < -0.3 is 5.11 Å². The minimum absolute atomic E-state index is 0.245. The zero-order valence-corrected chi connectivity index (χ0v) is 8.74. The Labute approximate surface area is 85.8 Å². The molecule has 1 aromatic rings. The van der Waals surface area contributed by atoms with Crippen LogP contribution in [0.25, 0.3) is 0 Å². The van der Waals surface area contributed by atoms with E-state index in [1.165, 1.54) is 18.4 Å². The molecule has 1 aliphatic rings. The first kappa shape index (κ1) is 9.72. The largest absolute Gasteiger partial charge is 0.396 e. The normalized spacial score (nSPS) is 30.3. The Balaban J connectivity index is 1.80. The van der Waals surface area contributed by atoms with E-state index in [-0.39, 0.29) is 5.41 Å². The molecule has 0 spiro atoms. The number of aryl methyl sites for hydroxylation is 1. The third-order valence-electron chi connectivity index (χ3n) is 3.52. The molecule has 0 unspecified atom stereocenters. The maximum absolute atomic E-state index is 9.13. The Morgan fingerprint density at radius 1 is 1.36 bits per heavy atom. The fraction of sp³-hybridized carbons (Fsp3) is 0.538. The quantitative estimate of drug-likeness (QED) is 0.774. The van der Waals surface area contributed by atoms with Crippen LogP contribution in [0.15, 0.2) is 30.3 Å². The first-order valence-electron chi connectivity index (χ1n) is 5.39. The van der Waals surface area contributed by atoms with Gasteiger partial charge in [0.1, 0.15) is 0 Å². The van der Waals surface area contributed by atoms with Crippen molar-refractivity contribution in [3.05, 3.63) is 35.9 Å². The molecule has 76 valence electrons. The highest BCUT2D eigenvalue weighted by molar-refractivity contribution is 5.15. The predicted octanol–water partition coefficient (Wildman–Crippen LogP) is 2.64. The topological polar surface area (TPSA) is 20.2 Å². The van der Waals surface area contributed by atoms with Crippen LogP contribution in [0, 0.1) is 11.3 Å². The average molecular weight is 190 g/mol. The summed E-state index contributed by atoms with van der Waals surface area (Å²) in [5, 5.41) is 9.13. The SMILES string of the molecule is C[C@@]1(CO)C[C@@H]1CCc1ccccc1. The molecule has 1 saturated carbocycles. The van der Waals surface area contributed by atoms with Crippen molar-refractivity contribution in [3.63, 3.8) is 0 Å². The summed E-state index contributed by atoms with van der Waals surface area (Å²) in [7, 11) is 0. The fourth-order valence-corrected chi connectivity index (χ4v) is 2.13. The van der Waals surface area contributed by atoms with Crippen LogP contribution in [-0.4, -0.2) is 11.7 Å². The van der Waals surface area contributed by atoms with E-state index in [2.05, 4.69) is 37.3 Å². The van der Waals surface area contributed by atoms with Crippen LogP contribution < -0.4 is 0 Å². The summed E-state index contributed by atoms with van der Waals surface area (Å²) >= 11 is 0. The van der Waals surface area contributed by atoms with Crippen LogP contribution in [0.4, 0.5) is 0 Å². The van der Waals surface area contributed by atoms with Crippen molar-refractivity contribution in [1.82, 2.24) is 0 Å². The summed E-state index contributed by atoms with van der Waals surface area (Å²) in [6.07, 6.45) is 3.58. The fourth-order valence-electron chi connectivity index (χ4n) is 2.13. The van der Waals surface area contributed by atoms with Crippen molar-refractivity contribution in [3.8, 4) is 0 Å². The second-order valence-electron chi connectivity index (χ2n) is 4.74. The van der Waals surface area contributed by atoms with Crippen molar-refractivity contribution >= 4 is 0 Å². The Morgan fingerprint density at radius 2 is 2.07 bits per heavy atom. The predicted molar refractivity (Wildman–Crippen MR) is 58.1 cm³/mol. The summed E-state index contributed by atoms with van der Waals surface area (Å²) in [6, 6.07) is 10.6. The highest BCUT2D eigenvalue weighted by atomic mass is 16.3. The van der Waals surface area contributed by atoms with E-state index >= 15 is 0 Å². The number of hydrogen-bond acceptors (Lipinski definition) is 1. The zero-order valence-electron chi connectivity index (χ0n) is 8.74. The molecule has 1 fully saturated rings. The van der Waals surface area contributed by atoms with Gasteiger partial charge in [-0.2, -0.15) is 0 Å². The van der Waals surface area contributed by atoms with Crippen LogP contribution >= 0.6 is 0 Å². The lowest BCUT2D eigenvalue weighted by Gasteiger charge is -2.06. The molecule has 0 amide bonds. The molecule has 1 nitrogen and oxygen atoms in total. The molecule has 1 aromatic carbocycles. The molecular weight excluding hydrogens is 172 g/mol. The van der Waals surface area contributed by atoms with Gasteiger partial charge in [-0.05, 0) is 36.2 Å². The molecule has 1 heteroatoms. The number of aliphatic hydroxyl groups is 1. The molecule has 0 radical (unpaired) electrons. The van der Waals surface area contributed by atoms with Gasteiger partial charge in [-0.1, -0.05) is 37.3 Å². The monoisotopic (exact) mass is 190 g/mol. The van der Waals surface area contributed by atoms with Gasteiger partial charge in [-0.3, -0.25) is 0 Å². The molecule has 0 saturated heterocycles. The Morgan fingerprint density at radius 3 is 2.64 bits per heavy atom. The molecule has 0 aliphatic heterocycles. The highest BCUT2D eigenvalue weighted by Crippen LogP contribution is 2.53. The van der Waals surface area contributed by atoms with Gasteiger partial charge in [-0.25, -0.2) is 0 Å². The molecule has 0 aromatic heterocycles. The van der Waals surface area contributed by atoms with Gasteiger partial charge >= 0.3 is 0 Å². The summed E-state index contributed by atoms with van der Waals surface area (Å²) in [5.41, 5.74) is 1.66. The zero-order chi connectivity index (χ0) is 10.0. The second kappa shape index (κ2) is 3.74. The Bertz CT molecular complexity index is 293. The summed E-state index contributed by atoms with van der Waals surface area (Å²) in [4.78, 5) is 0. The molecule has 14 heavy (non-hydrogen) atoms. The minimum atomic E-state index is 0.245. The number of benzene rings is 1. The van der Waals surface area contributed by atoms with E-state index < -0.39 is 0 Å². The van der Waals surface area contributed by atoms with E-state index in [1.54, 1.807) is 0 Å². The van der Waals surface area contributed by atoms with Gasteiger partial charge in [0.2, 0.25) is 0 Å². The average Bonchev–Trinajstić information content (AvgIpc) is 2.90. The van der Waals surface area contributed by atoms with E-state index in [9.17, 15) is 0 Å². The number of hydrogen-bond donors (Lipinski definition) is 1. The third-order valence-corrected chi connectivity index (χ3v) is 3.52. The summed E-state index contributed by atoms with van der Waals surface area (Å²) in [5.74, 6) is 0.743. The second-order valence-corrected chi connectivity index (χ2v) is 4.74. The molecular formula is C13H18O. The lowest BCUT2D eigenvalue weighted by molar-refractivity contribution is 0.210. The molecule has 1 aliphatic carbocycles. The van der Waals surface area contributed by atoms with Crippen LogP contribution in [0.2, 0.25) is 0 Å². The van der Waals surface area contributed by atoms with Gasteiger partial charge in [-0.15, -0.1) is 0 Å². The third kappa shape index (κ3) is 1.98. The van der Waals surface area contributed by atoms with Crippen molar-refractivity contribution in [2.75, 3.05) is 6.61 Å². The van der Waals surface area contributed by atoms with Gasteiger partial charge in [0.15, 0.2) is 0 Å². The minimum Gasteiger partial charge on any atom is -0.396 e.